The van der Waals surface area contributed by atoms with E-state index in [1.807, 2.05) is 48.1 Å². The van der Waals surface area contributed by atoms with Gasteiger partial charge in [0.25, 0.3) is 0 Å². The maximum absolute atomic E-state index is 10.8. The Morgan fingerprint density at radius 1 is 1.00 bits per heavy atom. The fraction of sp³-hybridized carbons (Fsp3) is 0.154. The zero-order valence-electron chi connectivity index (χ0n) is 10.6. The summed E-state index contributed by atoms with van der Waals surface area (Å²) in [5, 5.41) is 0. The molecule has 1 aromatic heterocycles. The Kier molecular flexibility index (Phi) is 3.55. The first kappa shape index (κ1) is 13.5. The van der Waals surface area contributed by atoms with Crippen LogP contribution < -0.4 is 9.47 Å². The number of pyridine rings is 1. The van der Waals surface area contributed by atoms with Crippen molar-refractivity contribution in [2.75, 3.05) is 19.0 Å². The Morgan fingerprint density at radius 3 is 1.95 bits per heavy atom. The standard InChI is InChI=1S/C13H14N2O3S/c1-14(2)11-7-9-15(10-8-11)12-3-5-13(6-4-12)19(16,17)18/h3-10H,1-2H3. The van der Waals surface area contributed by atoms with Crippen LogP contribution in [0.1, 0.15) is 0 Å². The van der Waals surface area contributed by atoms with Crippen molar-refractivity contribution in [2.24, 2.45) is 0 Å². The Balaban J connectivity index is 2.32. The second-order valence-electron chi connectivity index (χ2n) is 4.31. The van der Waals surface area contributed by atoms with Crippen LogP contribution in [0, 0.1) is 0 Å². The molecule has 0 atom stereocenters. The number of nitrogens with zero attached hydrogens (tertiary/aromatic N) is 2. The first-order valence-electron chi connectivity index (χ1n) is 5.63. The summed E-state index contributed by atoms with van der Waals surface area (Å²) in [7, 11) is -0.482. The molecule has 19 heavy (non-hydrogen) atoms. The van der Waals surface area contributed by atoms with Crippen LogP contribution >= 0.6 is 0 Å². The van der Waals surface area contributed by atoms with Gasteiger partial charge < -0.3 is 9.45 Å². The van der Waals surface area contributed by atoms with Crippen LogP contribution in [0.15, 0.2) is 53.7 Å². The van der Waals surface area contributed by atoms with Gasteiger partial charge in [-0.05, 0) is 12.1 Å². The van der Waals surface area contributed by atoms with E-state index in [0.29, 0.717) is 0 Å². The van der Waals surface area contributed by atoms with E-state index in [-0.39, 0.29) is 4.90 Å². The average molecular weight is 278 g/mol. The fourth-order valence-corrected chi connectivity index (χ4v) is 2.14. The van der Waals surface area contributed by atoms with Crippen molar-refractivity contribution in [1.82, 2.24) is 0 Å². The highest BCUT2D eigenvalue weighted by Gasteiger charge is 2.08. The molecule has 0 unspecified atom stereocenters. The average Bonchev–Trinajstić information content (AvgIpc) is 2.38. The molecule has 0 aliphatic carbocycles. The fourth-order valence-electron chi connectivity index (χ4n) is 1.67. The summed E-state index contributed by atoms with van der Waals surface area (Å²) in [6.45, 7) is 0. The predicted octanol–water partition coefficient (Wildman–Crippen LogP) is 0.933. The van der Waals surface area contributed by atoms with Crippen LogP contribution in [0.25, 0.3) is 5.69 Å². The van der Waals surface area contributed by atoms with Gasteiger partial charge >= 0.3 is 0 Å². The molecule has 0 aliphatic rings. The number of anilines is 1. The maximum Gasteiger partial charge on any atom is 0.210 e. The monoisotopic (exact) mass is 278 g/mol. The summed E-state index contributed by atoms with van der Waals surface area (Å²) >= 11 is 0. The summed E-state index contributed by atoms with van der Waals surface area (Å²) in [6, 6.07) is 9.70. The van der Waals surface area contributed by atoms with E-state index in [9.17, 15) is 13.0 Å². The van der Waals surface area contributed by atoms with Crippen LogP contribution in [-0.2, 0) is 10.1 Å². The molecule has 100 valence electrons. The molecule has 0 N–H and O–H groups in total. The smallest absolute Gasteiger partial charge is 0.210 e. The van der Waals surface area contributed by atoms with Crippen LogP contribution in [0.3, 0.4) is 0 Å². The molecule has 0 spiro atoms. The van der Waals surface area contributed by atoms with E-state index in [0.717, 1.165) is 11.4 Å². The van der Waals surface area contributed by atoms with Gasteiger partial charge in [0.1, 0.15) is 10.1 Å². The van der Waals surface area contributed by atoms with Gasteiger partial charge in [0.2, 0.25) is 5.69 Å². The van der Waals surface area contributed by atoms with E-state index < -0.39 is 10.1 Å². The molecule has 2 rings (SSSR count). The zero-order chi connectivity index (χ0) is 14.0. The van der Waals surface area contributed by atoms with Gasteiger partial charge in [-0.25, -0.2) is 8.42 Å². The van der Waals surface area contributed by atoms with Gasteiger partial charge in [0, 0.05) is 44.0 Å². The molecule has 0 saturated carbocycles. The SMILES string of the molecule is CN(C)c1cc[n+](-c2ccc(S(=O)(=O)[O-])cc2)cc1. The van der Waals surface area contributed by atoms with Crippen molar-refractivity contribution in [3.63, 3.8) is 0 Å². The molecule has 2 aromatic rings. The summed E-state index contributed by atoms with van der Waals surface area (Å²) in [5.74, 6) is 0. The quantitative estimate of drug-likeness (QED) is 0.619. The van der Waals surface area contributed by atoms with Crippen molar-refractivity contribution in [3.8, 4) is 5.69 Å². The first-order valence-corrected chi connectivity index (χ1v) is 7.04. The molecular formula is C13H14N2O3S. The molecule has 0 aliphatic heterocycles. The molecule has 0 radical (unpaired) electrons. The molecular weight excluding hydrogens is 264 g/mol. The maximum atomic E-state index is 10.8. The second-order valence-corrected chi connectivity index (χ2v) is 5.69. The number of hydrogen-bond donors (Lipinski definition) is 0. The number of benzene rings is 1. The molecule has 0 amide bonds. The summed E-state index contributed by atoms with van der Waals surface area (Å²) < 4.78 is 34.3. The van der Waals surface area contributed by atoms with Crippen molar-refractivity contribution in [3.05, 3.63) is 48.8 Å². The minimum atomic E-state index is -4.39. The lowest BCUT2D eigenvalue weighted by Gasteiger charge is -2.10. The molecule has 0 bridgehead atoms. The third-order valence-electron chi connectivity index (χ3n) is 2.75. The van der Waals surface area contributed by atoms with Crippen molar-refractivity contribution in [2.45, 2.75) is 4.90 Å². The highest BCUT2D eigenvalue weighted by atomic mass is 32.2. The van der Waals surface area contributed by atoms with Gasteiger partial charge in [0.05, 0.1) is 4.90 Å². The Bertz CT molecular complexity index is 662. The predicted molar refractivity (Wildman–Crippen MR) is 70.3 cm³/mol. The van der Waals surface area contributed by atoms with Gasteiger partial charge in [-0.15, -0.1) is 0 Å². The molecule has 0 fully saturated rings. The van der Waals surface area contributed by atoms with Crippen LogP contribution in [0.4, 0.5) is 5.69 Å². The van der Waals surface area contributed by atoms with Crippen LogP contribution in [0.5, 0.6) is 0 Å². The lowest BCUT2D eigenvalue weighted by Crippen LogP contribution is -2.29. The lowest BCUT2D eigenvalue weighted by atomic mass is 10.3. The number of aromatic nitrogens is 1. The molecule has 1 aromatic carbocycles. The van der Waals surface area contributed by atoms with E-state index >= 15 is 0 Å². The Morgan fingerprint density at radius 2 is 1.53 bits per heavy atom. The minimum absolute atomic E-state index is 0.221. The van der Waals surface area contributed by atoms with Gasteiger partial charge in [-0.2, -0.15) is 4.57 Å². The highest BCUT2D eigenvalue weighted by Crippen LogP contribution is 2.11. The Hall–Kier alpha value is -1.92. The van der Waals surface area contributed by atoms with E-state index in [4.69, 9.17) is 0 Å². The third kappa shape index (κ3) is 3.10. The highest BCUT2D eigenvalue weighted by molar-refractivity contribution is 7.85. The summed E-state index contributed by atoms with van der Waals surface area (Å²) in [4.78, 5) is 1.76. The van der Waals surface area contributed by atoms with Gasteiger partial charge in [0.15, 0.2) is 12.4 Å². The topological polar surface area (TPSA) is 64.3 Å². The lowest BCUT2D eigenvalue weighted by molar-refractivity contribution is -0.595. The largest absolute Gasteiger partial charge is 0.744 e. The molecule has 1 heterocycles. The summed E-state index contributed by atoms with van der Waals surface area (Å²) in [5.41, 5.74) is 1.85. The van der Waals surface area contributed by atoms with Crippen molar-refractivity contribution in [1.29, 1.82) is 0 Å². The molecule has 6 heteroatoms. The van der Waals surface area contributed by atoms with Gasteiger partial charge in [-0.1, -0.05) is 0 Å². The van der Waals surface area contributed by atoms with E-state index in [1.54, 1.807) is 12.1 Å². The van der Waals surface area contributed by atoms with Crippen LogP contribution in [0.2, 0.25) is 0 Å². The first-order chi connectivity index (χ1) is 8.88. The second kappa shape index (κ2) is 4.99. The number of rotatable bonds is 3. The molecule has 5 nitrogen and oxygen atoms in total. The summed E-state index contributed by atoms with van der Waals surface area (Å²) in [6.07, 6.45) is 3.74. The van der Waals surface area contributed by atoms with E-state index in [1.165, 1.54) is 12.1 Å². The molecule has 0 saturated heterocycles. The third-order valence-corrected chi connectivity index (χ3v) is 3.60. The van der Waals surface area contributed by atoms with Crippen molar-refractivity contribution < 1.29 is 17.5 Å². The number of hydrogen-bond acceptors (Lipinski definition) is 4. The minimum Gasteiger partial charge on any atom is -0.744 e. The van der Waals surface area contributed by atoms with E-state index in [2.05, 4.69) is 0 Å². The van der Waals surface area contributed by atoms with Crippen molar-refractivity contribution >= 4 is 15.8 Å². The Labute approximate surface area is 112 Å². The van der Waals surface area contributed by atoms with Crippen LogP contribution in [-0.4, -0.2) is 27.1 Å². The van der Waals surface area contributed by atoms with Gasteiger partial charge in [-0.3, -0.25) is 0 Å². The normalized spacial score (nSPS) is 11.3. The zero-order valence-corrected chi connectivity index (χ0v) is 11.5.